The number of ether oxygens (including phenoxy) is 1. The number of thioether (sulfide) groups is 1. The molecule has 2 N–H and O–H groups in total. The van der Waals surface area contributed by atoms with E-state index in [2.05, 4.69) is 10.1 Å². The second-order valence-electron chi connectivity index (χ2n) is 4.81. The predicted octanol–water partition coefficient (Wildman–Crippen LogP) is -0.0559. The zero-order valence-electron chi connectivity index (χ0n) is 12.7. The Morgan fingerprint density at radius 3 is 2.32 bits per heavy atom. The lowest BCUT2D eigenvalue weighted by atomic mass is 10.0. The van der Waals surface area contributed by atoms with Gasteiger partial charge in [0.1, 0.15) is 17.1 Å². The number of allylic oxidation sites excluding steroid dienone is 1. The summed E-state index contributed by atoms with van der Waals surface area (Å²) in [5, 5.41) is 11.1. The van der Waals surface area contributed by atoms with Crippen molar-refractivity contribution in [2.24, 2.45) is 0 Å². The molecule has 1 aliphatic heterocycles. The predicted molar refractivity (Wildman–Crippen MR) is 78.7 cm³/mol. The summed E-state index contributed by atoms with van der Waals surface area (Å²) >= 11 is 1.25. The maximum Gasteiger partial charge on any atom is 0.352 e. The first-order chi connectivity index (χ1) is 10.2. The van der Waals surface area contributed by atoms with Gasteiger partial charge in [-0.3, -0.25) is 19.3 Å². The maximum atomic E-state index is 12.1. The van der Waals surface area contributed by atoms with E-state index in [-0.39, 0.29) is 5.70 Å². The number of carbonyl (C=O) groups is 4. The average Bonchev–Trinajstić information content (AvgIpc) is 2.42. The third kappa shape index (κ3) is 3.79. The molecule has 1 aliphatic rings. The van der Waals surface area contributed by atoms with Gasteiger partial charge in [-0.2, -0.15) is 0 Å². The molecule has 22 heavy (non-hydrogen) atoms. The van der Waals surface area contributed by atoms with Crippen LogP contribution in [0.1, 0.15) is 20.8 Å². The van der Waals surface area contributed by atoms with E-state index in [1.807, 2.05) is 0 Å². The van der Waals surface area contributed by atoms with Gasteiger partial charge in [0.25, 0.3) is 11.8 Å². The third-order valence-electron chi connectivity index (χ3n) is 2.92. The molecule has 0 aromatic rings. The van der Waals surface area contributed by atoms with Crippen LogP contribution in [0.15, 0.2) is 11.3 Å². The molecular weight excluding hydrogens is 312 g/mol. The monoisotopic (exact) mass is 330 g/mol. The van der Waals surface area contributed by atoms with Gasteiger partial charge in [-0.1, -0.05) is 0 Å². The molecule has 1 heterocycles. The Hall–Kier alpha value is -2.03. The van der Waals surface area contributed by atoms with Gasteiger partial charge in [-0.05, 0) is 25.7 Å². The molecule has 1 rings (SSSR count). The second-order valence-corrected chi connectivity index (χ2v) is 5.77. The largest absolute Gasteiger partial charge is 0.477 e. The summed E-state index contributed by atoms with van der Waals surface area (Å²) in [6.45, 7) is 3.89. The van der Waals surface area contributed by atoms with Crippen LogP contribution in [0.25, 0.3) is 0 Å². The first-order valence-electron chi connectivity index (χ1n) is 6.40. The van der Waals surface area contributed by atoms with Crippen LogP contribution in [0.3, 0.4) is 0 Å². The standard InChI is InChI=1S/C13H18N2O6S/c1-6(2)10(13(19)20)15-11(18)9(12(15)22-4)14-8(17)5-21-7(3)16/h9,12H,5H2,1-4H3,(H,14,17)(H,19,20). The third-order valence-corrected chi connectivity index (χ3v) is 3.89. The fourth-order valence-corrected chi connectivity index (χ4v) is 2.89. The topological polar surface area (TPSA) is 113 Å². The number of rotatable bonds is 6. The first-order valence-corrected chi connectivity index (χ1v) is 7.68. The number of amides is 2. The molecule has 2 atom stereocenters. The van der Waals surface area contributed by atoms with Crippen molar-refractivity contribution < 1.29 is 29.0 Å². The SMILES string of the molecule is CSC1C(NC(=O)COC(C)=O)C(=O)N1C(C(=O)O)=C(C)C. The molecule has 0 bridgehead atoms. The molecule has 0 spiro atoms. The Kier molecular flexibility index (Phi) is 5.98. The van der Waals surface area contributed by atoms with Crippen LogP contribution < -0.4 is 5.32 Å². The molecule has 2 amide bonds. The van der Waals surface area contributed by atoms with E-state index >= 15 is 0 Å². The van der Waals surface area contributed by atoms with Gasteiger partial charge in [-0.15, -0.1) is 11.8 Å². The number of nitrogens with one attached hydrogen (secondary N) is 1. The van der Waals surface area contributed by atoms with Gasteiger partial charge in [0.05, 0.1) is 0 Å². The van der Waals surface area contributed by atoms with Crippen LogP contribution in [0.2, 0.25) is 0 Å². The maximum absolute atomic E-state index is 12.1. The van der Waals surface area contributed by atoms with E-state index in [1.54, 1.807) is 20.1 Å². The summed E-state index contributed by atoms with van der Waals surface area (Å²) in [5.41, 5.74) is 0.402. The summed E-state index contributed by atoms with van der Waals surface area (Å²) in [6, 6.07) is -0.841. The van der Waals surface area contributed by atoms with Crippen molar-refractivity contribution in [1.29, 1.82) is 0 Å². The average molecular weight is 330 g/mol. The number of carboxylic acids is 1. The molecule has 1 saturated heterocycles. The van der Waals surface area contributed by atoms with Gasteiger partial charge >= 0.3 is 11.9 Å². The summed E-state index contributed by atoms with van der Waals surface area (Å²) in [7, 11) is 0. The van der Waals surface area contributed by atoms with Crippen LogP contribution >= 0.6 is 11.8 Å². The second kappa shape index (κ2) is 7.30. The Morgan fingerprint density at radius 2 is 1.91 bits per heavy atom. The minimum atomic E-state index is -1.20. The number of hydrogen-bond acceptors (Lipinski definition) is 6. The summed E-state index contributed by atoms with van der Waals surface area (Å²) in [4.78, 5) is 46.8. The Morgan fingerprint density at radius 1 is 1.32 bits per heavy atom. The van der Waals surface area contributed by atoms with Crippen LogP contribution in [0.5, 0.6) is 0 Å². The van der Waals surface area contributed by atoms with Gasteiger partial charge in [0, 0.05) is 6.92 Å². The fraction of sp³-hybridized carbons (Fsp3) is 0.538. The minimum absolute atomic E-state index is 0.0881. The molecule has 0 aliphatic carbocycles. The highest BCUT2D eigenvalue weighted by atomic mass is 32.2. The quantitative estimate of drug-likeness (QED) is 0.398. The number of nitrogens with zero attached hydrogens (tertiary/aromatic N) is 1. The normalized spacial score (nSPS) is 20.0. The lowest BCUT2D eigenvalue weighted by Gasteiger charge is -2.46. The molecule has 122 valence electrons. The Bertz CT molecular complexity index is 541. The van der Waals surface area contributed by atoms with Crippen LogP contribution in [0.4, 0.5) is 0 Å². The molecule has 0 saturated carbocycles. The molecular formula is C13H18N2O6S. The van der Waals surface area contributed by atoms with Crippen molar-refractivity contribution in [3.05, 3.63) is 11.3 Å². The van der Waals surface area contributed by atoms with Crippen molar-refractivity contribution in [1.82, 2.24) is 10.2 Å². The van der Waals surface area contributed by atoms with Crippen molar-refractivity contribution in [3.8, 4) is 0 Å². The molecule has 2 unspecified atom stereocenters. The number of carboxylic acid groups (broad SMARTS) is 1. The number of aliphatic carboxylic acids is 1. The lowest BCUT2D eigenvalue weighted by Crippen LogP contribution is -2.69. The first kappa shape index (κ1) is 18.0. The van der Waals surface area contributed by atoms with E-state index in [0.717, 1.165) is 4.90 Å². The van der Waals surface area contributed by atoms with Gasteiger partial charge in [-0.25, -0.2) is 4.79 Å². The van der Waals surface area contributed by atoms with Crippen molar-refractivity contribution in [2.75, 3.05) is 12.9 Å². The van der Waals surface area contributed by atoms with Gasteiger partial charge in [0.2, 0.25) is 0 Å². The van der Waals surface area contributed by atoms with E-state index in [4.69, 9.17) is 0 Å². The number of carbonyl (C=O) groups excluding carboxylic acids is 3. The fourth-order valence-electron chi connectivity index (χ4n) is 2.02. The lowest BCUT2D eigenvalue weighted by molar-refractivity contribution is -0.152. The summed E-state index contributed by atoms with van der Waals surface area (Å²) < 4.78 is 4.54. The zero-order valence-corrected chi connectivity index (χ0v) is 13.5. The van der Waals surface area contributed by atoms with Crippen molar-refractivity contribution in [3.63, 3.8) is 0 Å². The molecule has 0 aromatic heterocycles. The van der Waals surface area contributed by atoms with E-state index in [1.165, 1.54) is 18.7 Å². The molecule has 8 nitrogen and oxygen atoms in total. The Balaban J connectivity index is 2.81. The smallest absolute Gasteiger partial charge is 0.352 e. The summed E-state index contributed by atoms with van der Waals surface area (Å²) in [5.74, 6) is -2.91. The van der Waals surface area contributed by atoms with Crippen molar-refractivity contribution >= 4 is 35.5 Å². The van der Waals surface area contributed by atoms with Crippen LogP contribution in [-0.2, 0) is 23.9 Å². The van der Waals surface area contributed by atoms with E-state index < -0.39 is 41.8 Å². The van der Waals surface area contributed by atoms with Crippen LogP contribution in [-0.4, -0.2) is 58.0 Å². The van der Waals surface area contributed by atoms with Gasteiger partial charge in [0.15, 0.2) is 6.61 Å². The van der Waals surface area contributed by atoms with Crippen molar-refractivity contribution in [2.45, 2.75) is 32.2 Å². The number of likely N-dealkylation sites (tertiary alicyclic amines) is 1. The molecule has 0 radical (unpaired) electrons. The molecule has 1 fully saturated rings. The highest BCUT2D eigenvalue weighted by molar-refractivity contribution is 7.99. The Labute approximate surface area is 131 Å². The zero-order chi connectivity index (χ0) is 17.0. The molecule has 0 aromatic carbocycles. The minimum Gasteiger partial charge on any atom is -0.477 e. The number of hydrogen-bond donors (Lipinski definition) is 2. The number of β-lactam (4-membered cyclic amide) rings is 1. The van der Waals surface area contributed by atoms with Crippen LogP contribution in [0, 0.1) is 0 Å². The summed E-state index contributed by atoms with van der Waals surface area (Å²) in [6.07, 6.45) is 1.71. The number of esters is 1. The highest BCUT2D eigenvalue weighted by Gasteiger charge is 2.51. The van der Waals surface area contributed by atoms with Gasteiger partial charge < -0.3 is 15.2 Å². The van der Waals surface area contributed by atoms with E-state index in [9.17, 15) is 24.3 Å². The highest BCUT2D eigenvalue weighted by Crippen LogP contribution is 2.33. The van der Waals surface area contributed by atoms with E-state index in [0.29, 0.717) is 5.57 Å². The molecule has 9 heteroatoms.